The zero-order valence-corrected chi connectivity index (χ0v) is 10.6. The van der Waals surface area contributed by atoms with Crippen molar-refractivity contribution in [2.75, 3.05) is 5.73 Å². The smallest absolute Gasteiger partial charge is 0.168 e. The molecule has 4 nitrogen and oxygen atoms in total. The number of aryl methyl sites for hydroxylation is 1. The van der Waals surface area contributed by atoms with Crippen LogP contribution in [-0.2, 0) is 0 Å². The van der Waals surface area contributed by atoms with E-state index in [0.29, 0.717) is 0 Å². The lowest BCUT2D eigenvalue weighted by molar-refractivity contribution is 0.972. The van der Waals surface area contributed by atoms with Crippen LogP contribution in [0.25, 0.3) is 17.1 Å². The maximum absolute atomic E-state index is 5.72. The second kappa shape index (κ2) is 4.57. The fourth-order valence-electron chi connectivity index (χ4n) is 2.07. The monoisotopic (exact) mass is 250 g/mol. The normalized spacial score (nSPS) is 10.6. The molecule has 19 heavy (non-hydrogen) atoms. The van der Waals surface area contributed by atoms with Gasteiger partial charge in [0.2, 0.25) is 0 Å². The highest BCUT2D eigenvalue weighted by molar-refractivity contribution is 5.61. The van der Waals surface area contributed by atoms with Gasteiger partial charge in [-0.05, 0) is 43.3 Å². The van der Waals surface area contributed by atoms with E-state index < -0.39 is 0 Å². The summed E-state index contributed by atoms with van der Waals surface area (Å²) in [4.78, 5) is 0. The average Bonchev–Trinajstić information content (AvgIpc) is 2.82. The van der Waals surface area contributed by atoms with Gasteiger partial charge in [0.05, 0.1) is 0 Å². The van der Waals surface area contributed by atoms with Crippen LogP contribution < -0.4 is 5.73 Å². The standard InChI is InChI=1S/C15H14N4/c1-11-17-18-15(12-7-9-13(16)10-8-12)19(11)14-5-3-2-4-6-14/h2-10H,16H2,1H3. The molecule has 1 heterocycles. The van der Waals surface area contributed by atoms with Crippen molar-refractivity contribution in [3.63, 3.8) is 0 Å². The number of nitrogen functional groups attached to an aromatic ring is 1. The van der Waals surface area contributed by atoms with Crippen LogP contribution in [0.4, 0.5) is 5.69 Å². The Morgan fingerprint density at radius 1 is 0.895 bits per heavy atom. The minimum atomic E-state index is 0.742. The van der Waals surface area contributed by atoms with Crippen molar-refractivity contribution in [2.24, 2.45) is 0 Å². The van der Waals surface area contributed by atoms with Gasteiger partial charge in [0.15, 0.2) is 5.82 Å². The van der Waals surface area contributed by atoms with Gasteiger partial charge in [0.1, 0.15) is 5.82 Å². The van der Waals surface area contributed by atoms with Crippen molar-refractivity contribution in [2.45, 2.75) is 6.92 Å². The van der Waals surface area contributed by atoms with E-state index >= 15 is 0 Å². The van der Waals surface area contributed by atoms with E-state index in [9.17, 15) is 0 Å². The fourth-order valence-corrected chi connectivity index (χ4v) is 2.07. The van der Waals surface area contributed by atoms with Crippen LogP contribution in [0.3, 0.4) is 0 Å². The topological polar surface area (TPSA) is 56.7 Å². The summed E-state index contributed by atoms with van der Waals surface area (Å²) in [6.45, 7) is 1.95. The Balaban J connectivity index is 2.16. The molecular weight excluding hydrogens is 236 g/mol. The van der Waals surface area contributed by atoms with Crippen molar-refractivity contribution < 1.29 is 0 Å². The maximum Gasteiger partial charge on any atom is 0.168 e. The summed E-state index contributed by atoms with van der Waals surface area (Å²) in [7, 11) is 0. The Morgan fingerprint density at radius 3 is 2.26 bits per heavy atom. The van der Waals surface area contributed by atoms with Crippen LogP contribution in [0.2, 0.25) is 0 Å². The van der Waals surface area contributed by atoms with E-state index in [1.54, 1.807) is 0 Å². The predicted octanol–water partition coefficient (Wildman–Crippen LogP) is 2.82. The lowest BCUT2D eigenvalue weighted by Gasteiger charge is -2.08. The molecule has 3 aromatic rings. The van der Waals surface area contributed by atoms with Gasteiger partial charge in [-0.3, -0.25) is 4.57 Å². The van der Waals surface area contributed by atoms with Gasteiger partial charge >= 0.3 is 0 Å². The molecule has 0 fully saturated rings. The summed E-state index contributed by atoms with van der Waals surface area (Å²) in [5.74, 6) is 1.68. The zero-order valence-electron chi connectivity index (χ0n) is 10.6. The van der Waals surface area contributed by atoms with Gasteiger partial charge in [-0.15, -0.1) is 10.2 Å². The van der Waals surface area contributed by atoms with E-state index in [1.165, 1.54) is 0 Å². The number of nitrogens with two attached hydrogens (primary N) is 1. The summed E-state index contributed by atoms with van der Waals surface area (Å²) in [6.07, 6.45) is 0. The largest absolute Gasteiger partial charge is 0.399 e. The highest BCUT2D eigenvalue weighted by Gasteiger charge is 2.12. The number of para-hydroxylation sites is 1. The molecule has 0 saturated heterocycles. The van der Waals surface area contributed by atoms with Crippen molar-refractivity contribution in [3.8, 4) is 17.1 Å². The number of hydrogen-bond donors (Lipinski definition) is 1. The van der Waals surface area contributed by atoms with Crippen LogP contribution in [0.1, 0.15) is 5.82 Å². The Hall–Kier alpha value is -2.62. The van der Waals surface area contributed by atoms with E-state index in [4.69, 9.17) is 5.73 Å². The second-order valence-corrected chi connectivity index (χ2v) is 4.36. The van der Waals surface area contributed by atoms with Crippen molar-refractivity contribution in [1.29, 1.82) is 0 Å². The van der Waals surface area contributed by atoms with Gasteiger partial charge < -0.3 is 5.73 Å². The average molecular weight is 250 g/mol. The summed E-state index contributed by atoms with van der Waals surface area (Å²) in [5.41, 5.74) is 8.51. The van der Waals surface area contributed by atoms with Gasteiger partial charge in [0.25, 0.3) is 0 Å². The molecule has 0 atom stereocenters. The molecule has 2 N–H and O–H groups in total. The van der Waals surface area contributed by atoms with Crippen molar-refractivity contribution in [3.05, 3.63) is 60.4 Å². The Kier molecular flexibility index (Phi) is 2.76. The molecule has 0 spiro atoms. The Labute approximate surface area is 111 Å². The Bertz CT molecular complexity index is 684. The third-order valence-corrected chi connectivity index (χ3v) is 3.01. The first kappa shape index (κ1) is 11.5. The summed E-state index contributed by atoms with van der Waals surface area (Å²) in [6, 6.07) is 17.7. The zero-order chi connectivity index (χ0) is 13.2. The Morgan fingerprint density at radius 2 is 1.58 bits per heavy atom. The molecule has 0 amide bonds. The summed E-state index contributed by atoms with van der Waals surface area (Å²) < 4.78 is 2.03. The van der Waals surface area contributed by atoms with E-state index in [1.807, 2.05) is 66.1 Å². The molecule has 3 rings (SSSR count). The first-order valence-electron chi connectivity index (χ1n) is 6.09. The van der Waals surface area contributed by atoms with E-state index in [2.05, 4.69) is 10.2 Å². The van der Waals surface area contributed by atoms with Gasteiger partial charge in [-0.25, -0.2) is 0 Å². The molecule has 4 heteroatoms. The summed E-state index contributed by atoms with van der Waals surface area (Å²) in [5, 5.41) is 8.44. The molecule has 0 aliphatic heterocycles. The lowest BCUT2D eigenvalue weighted by Crippen LogP contribution is -1.99. The number of nitrogens with zero attached hydrogens (tertiary/aromatic N) is 3. The van der Waals surface area contributed by atoms with Gasteiger partial charge in [0, 0.05) is 16.9 Å². The quantitative estimate of drug-likeness (QED) is 0.711. The molecule has 94 valence electrons. The molecule has 0 bridgehead atoms. The molecular formula is C15H14N4. The first-order valence-corrected chi connectivity index (χ1v) is 6.09. The molecule has 0 radical (unpaired) electrons. The molecule has 0 aliphatic carbocycles. The van der Waals surface area contributed by atoms with Crippen LogP contribution in [0.15, 0.2) is 54.6 Å². The van der Waals surface area contributed by atoms with Crippen LogP contribution in [0.5, 0.6) is 0 Å². The number of rotatable bonds is 2. The molecule has 0 saturated carbocycles. The number of benzene rings is 2. The lowest BCUT2D eigenvalue weighted by atomic mass is 10.2. The minimum Gasteiger partial charge on any atom is -0.399 e. The fraction of sp³-hybridized carbons (Fsp3) is 0.0667. The number of hydrogen-bond acceptors (Lipinski definition) is 3. The second-order valence-electron chi connectivity index (χ2n) is 4.36. The minimum absolute atomic E-state index is 0.742. The SMILES string of the molecule is Cc1nnc(-c2ccc(N)cc2)n1-c1ccccc1. The highest BCUT2D eigenvalue weighted by Crippen LogP contribution is 2.23. The van der Waals surface area contributed by atoms with Crippen LogP contribution in [0, 0.1) is 6.92 Å². The van der Waals surface area contributed by atoms with Crippen LogP contribution >= 0.6 is 0 Å². The molecule has 0 aliphatic rings. The van der Waals surface area contributed by atoms with E-state index in [0.717, 1.165) is 28.6 Å². The third-order valence-electron chi connectivity index (χ3n) is 3.01. The molecule has 0 unspecified atom stereocenters. The predicted molar refractivity (Wildman–Crippen MR) is 75.9 cm³/mol. The van der Waals surface area contributed by atoms with Crippen molar-refractivity contribution in [1.82, 2.24) is 14.8 Å². The van der Waals surface area contributed by atoms with E-state index in [-0.39, 0.29) is 0 Å². The van der Waals surface area contributed by atoms with Gasteiger partial charge in [-0.2, -0.15) is 0 Å². The molecule has 2 aromatic carbocycles. The number of aromatic nitrogens is 3. The number of anilines is 1. The third kappa shape index (κ3) is 2.08. The highest BCUT2D eigenvalue weighted by atomic mass is 15.3. The van der Waals surface area contributed by atoms with Crippen LogP contribution in [-0.4, -0.2) is 14.8 Å². The molecule has 1 aromatic heterocycles. The van der Waals surface area contributed by atoms with Crippen molar-refractivity contribution >= 4 is 5.69 Å². The summed E-state index contributed by atoms with van der Waals surface area (Å²) >= 11 is 0. The first-order chi connectivity index (χ1) is 9.25. The maximum atomic E-state index is 5.72. The van der Waals surface area contributed by atoms with Gasteiger partial charge in [-0.1, -0.05) is 18.2 Å².